The van der Waals surface area contributed by atoms with Crippen LogP contribution in [0, 0.1) is 0 Å². The Morgan fingerprint density at radius 2 is 2.05 bits per heavy atom. The molecule has 0 fully saturated rings. The number of amides is 1. The van der Waals surface area contributed by atoms with Gasteiger partial charge in [0.1, 0.15) is 6.10 Å². The third-order valence-electron chi connectivity index (χ3n) is 3.23. The molecule has 2 atom stereocenters. The van der Waals surface area contributed by atoms with E-state index in [0.29, 0.717) is 0 Å². The van der Waals surface area contributed by atoms with Gasteiger partial charge in [-0.3, -0.25) is 9.59 Å². The standard InChI is InChI=1S/C17H17NO3/c1-2-6-16(20)18-12-11-15(19)17(21)14(18)10-9-13-7-4-3-5-8-13/h2-5,7-12,14,17,21H,1,6H2/b10-9+/t14-,17+/m1/s1. The molecule has 0 aromatic heterocycles. The third kappa shape index (κ3) is 3.55. The van der Waals surface area contributed by atoms with Crippen molar-refractivity contribution in [2.75, 3.05) is 0 Å². The fourth-order valence-electron chi connectivity index (χ4n) is 2.12. The lowest BCUT2D eigenvalue weighted by Crippen LogP contribution is -2.48. The highest BCUT2D eigenvalue weighted by atomic mass is 16.3. The number of nitrogens with zero attached hydrogens (tertiary/aromatic N) is 1. The molecular formula is C17H17NO3. The van der Waals surface area contributed by atoms with Crippen LogP contribution in [-0.2, 0) is 9.59 Å². The van der Waals surface area contributed by atoms with Crippen molar-refractivity contribution < 1.29 is 14.7 Å². The second-order valence-corrected chi connectivity index (χ2v) is 4.72. The van der Waals surface area contributed by atoms with E-state index in [1.54, 1.807) is 12.2 Å². The van der Waals surface area contributed by atoms with Crippen LogP contribution in [0.15, 0.2) is 61.3 Å². The largest absolute Gasteiger partial charge is 0.382 e. The summed E-state index contributed by atoms with van der Waals surface area (Å²) in [5.41, 5.74) is 0.933. The Balaban J connectivity index is 2.25. The second kappa shape index (κ2) is 6.81. The van der Waals surface area contributed by atoms with Crippen molar-refractivity contribution in [1.82, 2.24) is 4.90 Å². The lowest BCUT2D eigenvalue weighted by atomic mass is 10.00. The van der Waals surface area contributed by atoms with Crippen molar-refractivity contribution in [1.29, 1.82) is 0 Å². The quantitative estimate of drug-likeness (QED) is 0.859. The fourth-order valence-corrected chi connectivity index (χ4v) is 2.12. The Hall–Kier alpha value is -2.46. The summed E-state index contributed by atoms with van der Waals surface area (Å²) in [7, 11) is 0. The predicted molar refractivity (Wildman–Crippen MR) is 81.1 cm³/mol. The van der Waals surface area contributed by atoms with Crippen molar-refractivity contribution in [3.05, 3.63) is 66.9 Å². The normalized spacial score (nSPS) is 21.8. The third-order valence-corrected chi connectivity index (χ3v) is 3.23. The highest BCUT2D eigenvalue weighted by Crippen LogP contribution is 2.17. The Morgan fingerprint density at radius 3 is 2.71 bits per heavy atom. The molecule has 0 unspecified atom stereocenters. The van der Waals surface area contributed by atoms with Crippen LogP contribution in [0.2, 0.25) is 0 Å². The number of benzene rings is 1. The number of ketones is 1. The Bertz CT molecular complexity index is 589. The molecule has 108 valence electrons. The molecule has 0 radical (unpaired) electrons. The summed E-state index contributed by atoms with van der Waals surface area (Å²) in [5, 5.41) is 10.0. The van der Waals surface area contributed by atoms with Gasteiger partial charge in [0.15, 0.2) is 5.78 Å². The SMILES string of the molecule is C=CCC(=O)N1C=CC(=O)[C@@H](O)[C@H]1/C=C/c1ccccc1. The molecule has 0 bridgehead atoms. The molecule has 0 aliphatic carbocycles. The minimum absolute atomic E-state index is 0.154. The molecule has 1 aromatic rings. The lowest BCUT2D eigenvalue weighted by Gasteiger charge is -2.32. The first-order chi connectivity index (χ1) is 10.1. The molecule has 1 aliphatic rings. The summed E-state index contributed by atoms with van der Waals surface area (Å²) in [6, 6.07) is 8.79. The number of hydrogen-bond donors (Lipinski definition) is 1. The smallest absolute Gasteiger partial charge is 0.230 e. The van der Waals surface area contributed by atoms with Crippen LogP contribution in [-0.4, -0.2) is 33.8 Å². The van der Waals surface area contributed by atoms with Crippen molar-refractivity contribution in [3.8, 4) is 0 Å². The maximum Gasteiger partial charge on any atom is 0.230 e. The molecule has 21 heavy (non-hydrogen) atoms. The van der Waals surface area contributed by atoms with Gasteiger partial charge in [-0.2, -0.15) is 0 Å². The van der Waals surface area contributed by atoms with Crippen LogP contribution in [0.3, 0.4) is 0 Å². The molecule has 1 aliphatic heterocycles. The first kappa shape index (κ1) is 14.9. The highest BCUT2D eigenvalue weighted by Gasteiger charge is 2.33. The van der Waals surface area contributed by atoms with Gasteiger partial charge >= 0.3 is 0 Å². The monoisotopic (exact) mass is 283 g/mol. The summed E-state index contributed by atoms with van der Waals surface area (Å²) >= 11 is 0. The van der Waals surface area contributed by atoms with Crippen LogP contribution in [0.5, 0.6) is 0 Å². The molecule has 0 saturated heterocycles. The summed E-state index contributed by atoms with van der Waals surface area (Å²) < 4.78 is 0. The molecule has 2 rings (SSSR count). The van der Waals surface area contributed by atoms with Crippen molar-refractivity contribution in [2.24, 2.45) is 0 Å². The number of aliphatic hydroxyl groups is 1. The number of hydrogen-bond acceptors (Lipinski definition) is 3. The summed E-state index contributed by atoms with van der Waals surface area (Å²) in [5.74, 6) is -0.615. The molecule has 1 amide bonds. The van der Waals surface area contributed by atoms with E-state index in [9.17, 15) is 14.7 Å². The van der Waals surface area contributed by atoms with Crippen LogP contribution in [0.1, 0.15) is 12.0 Å². The van der Waals surface area contributed by atoms with Gasteiger partial charge in [-0.25, -0.2) is 0 Å². The van der Waals surface area contributed by atoms with E-state index in [1.165, 1.54) is 23.3 Å². The zero-order valence-electron chi connectivity index (χ0n) is 11.6. The van der Waals surface area contributed by atoms with Crippen molar-refractivity contribution in [2.45, 2.75) is 18.6 Å². The minimum Gasteiger partial charge on any atom is -0.382 e. The van der Waals surface area contributed by atoms with Gasteiger partial charge in [-0.1, -0.05) is 48.6 Å². The Kier molecular flexibility index (Phi) is 4.85. The van der Waals surface area contributed by atoms with E-state index >= 15 is 0 Å². The van der Waals surface area contributed by atoms with Gasteiger partial charge in [0, 0.05) is 18.7 Å². The van der Waals surface area contributed by atoms with Gasteiger partial charge in [-0.15, -0.1) is 6.58 Å². The van der Waals surface area contributed by atoms with Crippen LogP contribution in [0.4, 0.5) is 0 Å². The highest BCUT2D eigenvalue weighted by molar-refractivity contribution is 5.97. The number of carbonyl (C=O) groups excluding carboxylic acids is 2. The minimum atomic E-state index is -1.25. The Labute approximate surface area is 123 Å². The van der Waals surface area contributed by atoms with E-state index < -0.39 is 17.9 Å². The first-order valence-electron chi connectivity index (χ1n) is 6.69. The average molecular weight is 283 g/mol. The molecule has 1 aromatic carbocycles. The molecule has 4 heteroatoms. The van der Waals surface area contributed by atoms with Gasteiger partial charge in [0.25, 0.3) is 0 Å². The van der Waals surface area contributed by atoms with Gasteiger partial charge in [0.05, 0.1) is 6.04 Å². The summed E-state index contributed by atoms with van der Waals surface area (Å²) in [6.45, 7) is 3.53. The first-order valence-corrected chi connectivity index (χ1v) is 6.69. The molecule has 1 heterocycles. The van der Waals surface area contributed by atoms with E-state index in [2.05, 4.69) is 6.58 Å². The maximum atomic E-state index is 12.0. The van der Waals surface area contributed by atoms with Crippen molar-refractivity contribution >= 4 is 17.8 Å². The number of rotatable bonds is 4. The zero-order valence-corrected chi connectivity index (χ0v) is 11.6. The number of carbonyl (C=O) groups is 2. The fraction of sp³-hybridized carbons (Fsp3) is 0.176. The van der Waals surface area contributed by atoms with E-state index in [1.807, 2.05) is 30.3 Å². The van der Waals surface area contributed by atoms with Crippen molar-refractivity contribution in [3.63, 3.8) is 0 Å². The van der Waals surface area contributed by atoms with Crippen LogP contribution in [0.25, 0.3) is 6.08 Å². The molecule has 1 N–H and O–H groups in total. The van der Waals surface area contributed by atoms with Gasteiger partial charge < -0.3 is 10.0 Å². The topological polar surface area (TPSA) is 57.6 Å². The summed E-state index contributed by atoms with van der Waals surface area (Å²) in [6.07, 6.45) is 6.50. The maximum absolute atomic E-state index is 12.0. The molecule has 0 spiro atoms. The van der Waals surface area contributed by atoms with Crippen LogP contribution >= 0.6 is 0 Å². The Morgan fingerprint density at radius 1 is 1.33 bits per heavy atom. The van der Waals surface area contributed by atoms with E-state index in [-0.39, 0.29) is 12.3 Å². The lowest BCUT2D eigenvalue weighted by molar-refractivity contribution is -0.135. The number of aliphatic hydroxyl groups excluding tert-OH is 1. The molecule has 0 saturated carbocycles. The predicted octanol–water partition coefficient (Wildman–Crippen LogP) is 1.93. The summed E-state index contributed by atoms with van der Waals surface area (Å²) in [4.78, 5) is 25.0. The molecular weight excluding hydrogens is 266 g/mol. The second-order valence-electron chi connectivity index (χ2n) is 4.72. The zero-order chi connectivity index (χ0) is 15.2. The molecule has 4 nitrogen and oxygen atoms in total. The van der Waals surface area contributed by atoms with Gasteiger partial charge in [-0.05, 0) is 5.56 Å². The van der Waals surface area contributed by atoms with Crippen LogP contribution < -0.4 is 0 Å². The average Bonchev–Trinajstić information content (AvgIpc) is 2.50. The van der Waals surface area contributed by atoms with Gasteiger partial charge in [0.2, 0.25) is 5.91 Å². The van der Waals surface area contributed by atoms with E-state index in [0.717, 1.165) is 5.56 Å². The van der Waals surface area contributed by atoms with E-state index in [4.69, 9.17) is 0 Å².